The first-order valence-corrected chi connectivity index (χ1v) is 6.08. The summed E-state index contributed by atoms with van der Waals surface area (Å²) in [6.45, 7) is 3.91. The number of para-hydroxylation sites is 1. The van der Waals surface area contributed by atoms with Crippen LogP contribution in [0.3, 0.4) is 0 Å². The molecule has 6 heteroatoms. The number of carbonyl (C=O) groups is 2. The van der Waals surface area contributed by atoms with Crippen molar-refractivity contribution in [2.45, 2.75) is 26.3 Å². The fourth-order valence-electron chi connectivity index (χ4n) is 1.41. The van der Waals surface area contributed by atoms with E-state index in [0.29, 0.717) is 0 Å². The van der Waals surface area contributed by atoms with E-state index in [1.807, 2.05) is 13.8 Å². The lowest BCUT2D eigenvalue weighted by Crippen LogP contribution is -2.35. The summed E-state index contributed by atoms with van der Waals surface area (Å²) in [4.78, 5) is 22.8. The molecule has 0 heterocycles. The summed E-state index contributed by atoms with van der Waals surface area (Å²) >= 11 is 0. The van der Waals surface area contributed by atoms with Crippen LogP contribution in [0.25, 0.3) is 0 Å². The van der Waals surface area contributed by atoms with Crippen molar-refractivity contribution in [2.24, 2.45) is 0 Å². The van der Waals surface area contributed by atoms with E-state index in [4.69, 9.17) is 0 Å². The normalized spacial score (nSPS) is 10.1. The number of anilines is 1. The second-order valence-electron chi connectivity index (χ2n) is 4.33. The van der Waals surface area contributed by atoms with Gasteiger partial charge < -0.3 is 16.0 Å². The molecule has 0 aromatic heterocycles. The first-order chi connectivity index (χ1) is 8.99. The Morgan fingerprint density at radius 1 is 1.26 bits per heavy atom. The number of halogens is 1. The summed E-state index contributed by atoms with van der Waals surface area (Å²) in [5.41, 5.74) is 0.103. The topological polar surface area (TPSA) is 70.2 Å². The van der Waals surface area contributed by atoms with E-state index in [0.717, 1.165) is 0 Å². The van der Waals surface area contributed by atoms with Crippen LogP contribution in [-0.4, -0.2) is 24.5 Å². The van der Waals surface area contributed by atoms with E-state index < -0.39 is 11.8 Å². The number of carbonyl (C=O) groups excluding carboxylic acids is 2. The van der Waals surface area contributed by atoms with Crippen molar-refractivity contribution < 1.29 is 14.0 Å². The van der Waals surface area contributed by atoms with Gasteiger partial charge in [-0.1, -0.05) is 12.1 Å². The van der Waals surface area contributed by atoms with Gasteiger partial charge in [0.15, 0.2) is 0 Å². The fourth-order valence-corrected chi connectivity index (χ4v) is 1.41. The highest BCUT2D eigenvalue weighted by Crippen LogP contribution is 2.11. The molecule has 0 aliphatic rings. The third-order valence-electron chi connectivity index (χ3n) is 2.21. The van der Waals surface area contributed by atoms with Crippen molar-refractivity contribution in [2.75, 3.05) is 11.9 Å². The predicted octanol–water partition coefficient (Wildman–Crippen LogP) is 1.86. The van der Waals surface area contributed by atoms with Gasteiger partial charge in [-0.05, 0) is 26.0 Å². The molecule has 0 aliphatic carbocycles. The van der Waals surface area contributed by atoms with Gasteiger partial charge in [-0.15, -0.1) is 0 Å². The Morgan fingerprint density at radius 2 is 1.95 bits per heavy atom. The van der Waals surface area contributed by atoms with E-state index in [2.05, 4.69) is 16.0 Å². The first kappa shape index (κ1) is 14.9. The summed E-state index contributed by atoms with van der Waals surface area (Å²) in [6.07, 6.45) is 0.183. The van der Waals surface area contributed by atoms with Gasteiger partial charge in [-0.2, -0.15) is 0 Å². The monoisotopic (exact) mass is 267 g/mol. The Hall–Kier alpha value is -2.11. The number of rotatable bonds is 5. The highest BCUT2D eigenvalue weighted by molar-refractivity contribution is 5.89. The van der Waals surface area contributed by atoms with Crippen molar-refractivity contribution in [3.05, 3.63) is 30.1 Å². The molecule has 0 saturated heterocycles. The van der Waals surface area contributed by atoms with Gasteiger partial charge in [-0.3, -0.25) is 4.79 Å². The average Bonchev–Trinajstić information content (AvgIpc) is 2.31. The zero-order valence-corrected chi connectivity index (χ0v) is 11.0. The van der Waals surface area contributed by atoms with E-state index in [1.54, 1.807) is 6.07 Å². The van der Waals surface area contributed by atoms with Crippen LogP contribution in [0.4, 0.5) is 14.9 Å². The lowest BCUT2D eigenvalue weighted by Gasteiger charge is -2.10. The molecule has 5 nitrogen and oxygen atoms in total. The molecule has 19 heavy (non-hydrogen) atoms. The lowest BCUT2D eigenvalue weighted by atomic mass is 10.3. The van der Waals surface area contributed by atoms with Gasteiger partial charge in [0, 0.05) is 19.0 Å². The highest BCUT2D eigenvalue weighted by atomic mass is 19.1. The molecule has 3 N–H and O–H groups in total. The summed E-state index contributed by atoms with van der Waals surface area (Å²) in [6, 6.07) is 5.40. The van der Waals surface area contributed by atoms with Crippen molar-refractivity contribution in [1.29, 1.82) is 0 Å². The molecule has 0 aliphatic heterocycles. The van der Waals surface area contributed by atoms with Crippen molar-refractivity contribution in [1.82, 2.24) is 10.6 Å². The van der Waals surface area contributed by atoms with Gasteiger partial charge >= 0.3 is 6.03 Å². The molecule has 0 radical (unpaired) electrons. The van der Waals surface area contributed by atoms with Crippen LogP contribution in [-0.2, 0) is 4.79 Å². The molecular weight excluding hydrogens is 249 g/mol. The van der Waals surface area contributed by atoms with Gasteiger partial charge in [-0.25, -0.2) is 9.18 Å². The molecule has 1 aromatic carbocycles. The molecule has 0 atom stereocenters. The molecule has 0 saturated carbocycles. The number of hydrogen-bond donors (Lipinski definition) is 3. The largest absolute Gasteiger partial charge is 0.354 e. The minimum absolute atomic E-state index is 0.0692. The third kappa shape index (κ3) is 5.85. The van der Waals surface area contributed by atoms with E-state index in [1.165, 1.54) is 18.2 Å². The van der Waals surface area contributed by atoms with Crippen molar-refractivity contribution in [3.63, 3.8) is 0 Å². The maximum atomic E-state index is 13.2. The molecule has 0 fully saturated rings. The summed E-state index contributed by atoms with van der Waals surface area (Å²) in [5, 5.41) is 7.56. The second-order valence-corrected chi connectivity index (χ2v) is 4.33. The zero-order chi connectivity index (χ0) is 14.3. The van der Waals surface area contributed by atoms with Crippen molar-refractivity contribution >= 4 is 17.6 Å². The Bertz CT molecular complexity index is 449. The van der Waals surface area contributed by atoms with Crippen LogP contribution >= 0.6 is 0 Å². The number of amides is 3. The number of nitrogens with one attached hydrogen (secondary N) is 3. The maximum Gasteiger partial charge on any atom is 0.319 e. The van der Waals surface area contributed by atoms with Crippen LogP contribution < -0.4 is 16.0 Å². The molecule has 1 aromatic rings. The Labute approximate surface area is 111 Å². The van der Waals surface area contributed by atoms with Crippen molar-refractivity contribution in [3.8, 4) is 0 Å². The van der Waals surface area contributed by atoms with Crippen LogP contribution in [0.2, 0.25) is 0 Å². The molecular formula is C13H18FN3O2. The lowest BCUT2D eigenvalue weighted by molar-refractivity contribution is -0.121. The molecule has 0 spiro atoms. The van der Waals surface area contributed by atoms with Gasteiger partial charge in [0.1, 0.15) is 5.82 Å². The number of hydrogen-bond acceptors (Lipinski definition) is 2. The van der Waals surface area contributed by atoms with Crippen LogP contribution in [0.1, 0.15) is 20.3 Å². The quantitative estimate of drug-likeness (QED) is 0.762. The van der Waals surface area contributed by atoms with Crippen LogP contribution in [0, 0.1) is 5.82 Å². The van der Waals surface area contributed by atoms with Crippen LogP contribution in [0.5, 0.6) is 0 Å². The third-order valence-corrected chi connectivity index (χ3v) is 2.21. The summed E-state index contributed by atoms with van der Waals surface area (Å²) < 4.78 is 13.2. The zero-order valence-electron chi connectivity index (χ0n) is 11.0. The Balaban J connectivity index is 2.29. The molecule has 0 bridgehead atoms. The number of urea groups is 1. The van der Waals surface area contributed by atoms with Gasteiger partial charge in [0.25, 0.3) is 0 Å². The van der Waals surface area contributed by atoms with E-state index in [-0.39, 0.29) is 30.6 Å². The van der Waals surface area contributed by atoms with Crippen LogP contribution in [0.15, 0.2) is 24.3 Å². The standard InChI is InChI=1S/C13H18FN3O2/c1-9(2)16-12(18)7-8-15-13(19)17-11-6-4-3-5-10(11)14/h3-6,9H,7-8H2,1-2H3,(H,16,18)(H2,15,17,19). The summed E-state index contributed by atoms with van der Waals surface area (Å²) in [7, 11) is 0. The van der Waals surface area contributed by atoms with Gasteiger partial charge in [0.05, 0.1) is 5.69 Å². The second kappa shape index (κ2) is 7.35. The highest BCUT2D eigenvalue weighted by Gasteiger charge is 2.07. The SMILES string of the molecule is CC(C)NC(=O)CCNC(=O)Nc1ccccc1F. The van der Waals surface area contributed by atoms with E-state index >= 15 is 0 Å². The molecule has 1 rings (SSSR count). The summed E-state index contributed by atoms with van der Waals surface area (Å²) in [5.74, 6) is -0.642. The molecule has 104 valence electrons. The number of benzene rings is 1. The minimum Gasteiger partial charge on any atom is -0.354 e. The molecule has 0 unspecified atom stereocenters. The molecule has 3 amide bonds. The fraction of sp³-hybridized carbons (Fsp3) is 0.385. The smallest absolute Gasteiger partial charge is 0.319 e. The van der Waals surface area contributed by atoms with Gasteiger partial charge in [0.2, 0.25) is 5.91 Å². The predicted molar refractivity (Wildman–Crippen MR) is 71.3 cm³/mol. The Kier molecular flexibility index (Phi) is 5.78. The van der Waals surface area contributed by atoms with E-state index in [9.17, 15) is 14.0 Å². The first-order valence-electron chi connectivity index (χ1n) is 6.08. The Morgan fingerprint density at radius 3 is 2.58 bits per heavy atom. The average molecular weight is 267 g/mol. The maximum absolute atomic E-state index is 13.2. The minimum atomic E-state index is -0.539.